The lowest BCUT2D eigenvalue weighted by atomic mass is 10.3. The van der Waals surface area contributed by atoms with E-state index in [0.717, 1.165) is 12.0 Å². The number of ether oxygens (including phenoxy) is 1. The van der Waals surface area contributed by atoms with Gasteiger partial charge in [-0.15, -0.1) is 6.58 Å². The van der Waals surface area contributed by atoms with Crippen LogP contribution in [0.4, 0.5) is 0 Å². The van der Waals surface area contributed by atoms with E-state index in [2.05, 4.69) is 6.58 Å². The molecule has 0 rings (SSSR count). The normalized spacial score (nSPS) is 9.00. The molecule has 58 valence electrons. The minimum Gasteiger partial charge on any atom is -0.465 e. The fraction of sp³-hybridized carbons (Fsp3) is 0.625. The van der Waals surface area contributed by atoms with Crippen molar-refractivity contribution in [2.75, 3.05) is 6.61 Å². The third kappa shape index (κ3) is 5.35. The van der Waals surface area contributed by atoms with Crippen LogP contribution in [0, 0.1) is 0 Å². The van der Waals surface area contributed by atoms with Crippen molar-refractivity contribution in [3.63, 3.8) is 0 Å². The van der Waals surface area contributed by atoms with Crippen LogP contribution in [0.25, 0.3) is 0 Å². The van der Waals surface area contributed by atoms with Crippen LogP contribution in [0.2, 0.25) is 0 Å². The van der Waals surface area contributed by atoms with Crippen LogP contribution in [0.3, 0.4) is 0 Å². The molecule has 0 amide bonds. The van der Waals surface area contributed by atoms with Gasteiger partial charge < -0.3 is 4.74 Å². The van der Waals surface area contributed by atoms with Gasteiger partial charge in [0, 0.05) is 12.8 Å². The van der Waals surface area contributed by atoms with Gasteiger partial charge in [0.15, 0.2) is 0 Å². The van der Waals surface area contributed by atoms with Crippen LogP contribution in [0.15, 0.2) is 12.2 Å². The number of carbonyl (C=O) groups excluding carboxylic acids is 1. The molecule has 2 nitrogen and oxygen atoms in total. The number of hydrogen-bond donors (Lipinski definition) is 0. The molecule has 0 saturated carbocycles. The molecule has 0 aliphatic carbocycles. The summed E-state index contributed by atoms with van der Waals surface area (Å²) in [4.78, 5) is 10.5. The second kappa shape index (κ2) is 5.03. The van der Waals surface area contributed by atoms with Crippen molar-refractivity contribution in [3.8, 4) is 0 Å². The molecule has 0 aromatic heterocycles. The van der Waals surface area contributed by atoms with Crippen LogP contribution in [-0.4, -0.2) is 12.6 Å². The SMILES string of the molecule is C=C(C)CCOC(=O)CC. The highest BCUT2D eigenvalue weighted by molar-refractivity contribution is 5.68. The average Bonchev–Trinajstić information content (AvgIpc) is 1.87. The Balaban J connectivity index is 3.20. The van der Waals surface area contributed by atoms with Crippen LogP contribution in [-0.2, 0) is 9.53 Å². The molecule has 10 heavy (non-hydrogen) atoms. The first-order valence-electron chi connectivity index (χ1n) is 3.46. The van der Waals surface area contributed by atoms with Crippen molar-refractivity contribution in [2.24, 2.45) is 0 Å². The van der Waals surface area contributed by atoms with E-state index in [4.69, 9.17) is 4.74 Å². The smallest absolute Gasteiger partial charge is 0.305 e. The van der Waals surface area contributed by atoms with Gasteiger partial charge in [-0.3, -0.25) is 4.79 Å². The quantitative estimate of drug-likeness (QED) is 0.442. The number of esters is 1. The molecule has 0 heterocycles. The standard InChI is InChI=1S/C8H14O2/c1-4-8(9)10-6-5-7(2)3/h2,4-6H2,1,3H3. The summed E-state index contributed by atoms with van der Waals surface area (Å²) >= 11 is 0. The summed E-state index contributed by atoms with van der Waals surface area (Å²) < 4.78 is 4.80. The molecule has 0 spiro atoms. The first-order chi connectivity index (χ1) is 4.66. The van der Waals surface area contributed by atoms with Gasteiger partial charge in [-0.1, -0.05) is 12.5 Å². The Bertz CT molecular complexity index is 127. The lowest BCUT2D eigenvalue weighted by Crippen LogP contribution is -2.03. The Morgan fingerprint density at radius 3 is 2.60 bits per heavy atom. The van der Waals surface area contributed by atoms with Gasteiger partial charge in [0.1, 0.15) is 0 Å². The van der Waals surface area contributed by atoms with Crippen molar-refractivity contribution >= 4 is 5.97 Å². The predicted octanol–water partition coefficient (Wildman–Crippen LogP) is 1.91. The molecule has 0 unspecified atom stereocenters. The van der Waals surface area contributed by atoms with Gasteiger partial charge in [-0.05, 0) is 6.92 Å². The average molecular weight is 142 g/mol. The van der Waals surface area contributed by atoms with Crippen molar-refractivity contribution in [2.45, 2.75) is 26.7 Å². The highest BCUT2D eigenvalue weighted by Crippen LogP contribution is 1.95. The molecule has 0 saturated heterocycles. The van der Waals surface area contributed by atoms with Gasteiger partial charge in [-0.25, -0.2) is 0 Å². The summed E-state index contributed by atoms with van der Waals surface area (Å²) in [6.07, 6.45) is 1.22. The fourth-order valence-electron chi connectivity index (χ4n) is 0.441. The minimum atomic E-state index is -0.138. The van der Waals surface area contributed by atoms with Crippen molar-refractivity contribution < 1.29 is 9.53 Å². The molecular formula is C8H14O2. The summed E-state index contributed by atoms with van der Waals surface area (Å²) in [7, 11) is 0. The molecular weight excluding hydrogens is 128 g/mol. The van der Waals surface area contributed by atoms with E-state index in [0.29, 0.717) is 13.0 Å². The fourth-order valence-corrected chi connectivity index (χ4v) is 0.441. The van der Waals surface area contributed by atoms with Crippen LogP contribution in [0.1, 0.15) is 26.7 Å². The Kier molecular flexibility index (Phi) is 4.63. The molecule has 0 aliphatic heterocycles. The molecule has 0 atom stereocenters. The zero-order chi connectivity index (χ0) is 7.98. The van der Waals surface area contributed by atoms with Gasteiger partial charge in [-0.2, -0.15) is 0 Å². The molecule has 0 bridgehead atoms. The minimum absolute atomic E-state index is 0.138. The molecule has 2 heteroatoms. The molecule has 0 aliphatic rings. The Morgan fingerprint density at radius 2 is 2.20 bits per heavy atom. The van der Waals surface area contributed by atoms with Crippen LogP contribution in [0.5, 0.6) is 0 Å². The Morgan fingerprint density at radius 1 is 1.60 bits per heavy atom. The largest absolute Gasteiger partial charge is 0.465 e. The first kappa shape index (κ1) is 9.21. The lowest BCUT2D eigenvalue weighted by molar-refractivity contribution is -0.143. The Labute approximate surface area is 61.9 Å². The topological polar surface area (TPSA) is 26.3 Å². The summed E-state index contributed by atoms with van der Waals surface area (Å²) in [5.74, 6) is -0.138. The number of rotatable bonds is 4. The molecule has 0 N–H and O–H groups in total. The molecule has 0 radical (unpaired) electrons. The summed E-state index contributed by atoms with van der Waals surface area (Å²) in [5, 5.41) is 0. The zero-order valence-corrected chi connectivity index (χ0v) is 6.64. The first-order valence-corrected chi connectivity index (χ1v) is 3.46. The Hall–Kier alpha value is -0.790. The van der Waals surface area contributed by atoms with Crippen LogP contribution >= 0.6 is 0 Å². The molecule has 0 fully saturated rings. The van der Waals surface area contributed by atoms with Crippen LogP contribution < -0.4 is 0 Å². The van der Waals surface area contributed by atoms with Gasteiger partial charge >= 0.3 is 5.97 Å². The highest BCUT2D eigenvalue weighted by atomic mass is 16.5. The van der Waals surface area contributed by atoms with E-state index in [-0.39, 0.29) is 5.97 Å². The second-order valence-corrected chi connectivity index (χ2v) is 2.28. The van der Waals surface area contributed by atoms with E-state index in [1.165, 1.54) is 0 Å². The van der Waals surface area contributed by atoms with Crippen molar-refractivity contribution in [3.05, 3.63) is 12.2 Å². The summed E-state index contributed by atoms with van der Waals surface area (Å²) in [6, 6.07) is 0. The van der Waals surface area contributed by atoms with Gasteiger partial charge in [0.05, 0.1) is 6.61 Å². The third-order valence-electron chi connectivity index (χ3n) is 1.08. The van der Waals surface area contributed by atoms with E-state index >= 15 is 0 Å². The monoisotopic (exact) mass is 142 g/mol. The van der Waals surface area contributed by atoms with Gasteiger partial charge in [0.25, 0.3) is 0 Å². The maximum atomic E-state index is 10.5. The van der Waals surface area contributed by atoms with Crippen molar-refractivity contribution in [1.29, 1.82) is 0 Å². The maximum absolute atomic E-state index is 10.5. The van der Waals surface area contributed by atoms with E-state index in [1.54, 1.807) is 6.92 Å². The van der Waals surface area contributed by atoms with E-state index < -0.39 is 0 Å². The third-order valence-corrected chi connectivity index (χ3v) is 1.08. The zero-order valence-electron chi connectivity index (χ0n) is 6.64. The summed E-state index contributed by atoms with van der Waals surface area (Å²) in [6.45, 7) is 7.86. The summed E-state index contributed by atoms with van der Waals surface area (Å²) in [5.41, 5.74) is 1.05. The van der Waals surface area contributed by atoms with Crippen molar-refractivity contribution in [1.82, 2.24) is 0 Å². The van der Waals surface area contributed by atoms with E-state index in [1.807, 2.05) is 6.92 Å². The maximum Gasteiger partial charge on any atom is 0.305 e. The second-order valence-electron chi connectivity index (χ2n) is 2.28. The number of hydrogen-bond acceptors (Lipinski definition) is 2. The number of carbonyl (C=O) groups is 1. The molecule has 0 aromatic carbocycles. The lowest BCUT2D eigenvalue weighted by Gasteiger charge is -2.01. The van der Waals surface area contributed by atoms with E-state index in [9.17, 15) is 4.79 Å². The highest BCUT2D eigenvalue weighted by Gasteiger charge is 1.95. The predicted molar refractivity (Wildman–Crippen MR) is 40.7 cm³/mol. The van der Waals surface area contributed by atoms with Gasteiger partial charge in [0.2, 0.25) is 0 Å². The molecule has 0 aromatic rings.